The van der Waals surface area contributed by atoms with E-state index in [1.54, 1.807) is 14.0 Å². The lowest BCUT2D eigenvalue weighted by Crippen LogP contribution is -2.17. The SMILES string of the molecule is CCOC(=O)Cc1nsc(NC)c1C(N)=O. The van der Waals surface area contributed by atoms with Crippen LogP contribution in [0.3, 0.4) is 0 Å². The third-order valence-corrected chi connectivity index (χ3v) is 2.76. The second kappa shape index (κ2) is 5.45. The molecule has 6 nitrogen and oxygen atoms in total. The van der Waals surface area contributed by atoms with E-state index in [0.29, 0.717) is 17.3 Å². The maximum Gasteiger partial charge on any atom is 0.311 e. The quantitative estimate of drug-likeness (QED) is 0.729. The van der Waals surface area contributed by atoms with Gasteiger partial charge < -0.3 is 15.8 Å². The lowest BCUT2D eigenvalue weighted by molar-refractivity contribution is -0.142. The second-order valence-electron chi connectivity index (χ2n) is 2.93. The molecule has 0 atom stereocenters. The van der Waals surface area contributed by atoms with Crippen molar-refractivity contribution in [2.75, 3.05) is 19.0 Å². The Hall–Kier alpha value is -1.63. The van der Waals surface area contributed by atoms with Crippen LogP contribution in [0.5, 0.6) is 0 Å². The first-order chi connectivity index (χ1) is 7.60. The van der Waals surface area contributed by atoms with Crippen molar-refractivity contribution in [1.29, 1.82) is 0 Å². The van der Waals surface area contributed by atoms with E-state index in [9.17, 15) is 9.59 Å². The van der Waals surface area contributed by atoms with Crippen LogP contribution in [0, 0.1) is 0 Å². The molecule has 0 spiro atoms. The Bertz CT molecular complexity index is 403. The molecule has 0 aromatic carbocycles. The smallest absolute Gasteiger partial charge is 0.311 e. The highest BCUT2D eigenvalue weighted by Gasteiger charge is 2.20. The fourth-order valence-corrected chi connectivity index (χ4v) is 1.98. The Balaban J connectivity index is 2.92. The number of esters is 1. The molecule has 3 N–H and O–H groups in total. The van der Waals surface area contributed by atoms with Crippen molar-refractivity contribution < 1.29 is 14.3 Å². The molecule has 88 valence electrons. The predicted molar refractivity (Wildman–Crippen MR) is 60.5 cm³/mol. The van der Waals surface area contributed by atoms with Crippen LogP contribution in [-0.4, -0.2) is 29.9 Å². The standard InChI is InChI=1S/C9H13N3O3S/c1-3-15-6(13)4-5-7(8(10)14)9(11-2)16-12-5/h11H,3-4H2,1-2H3,(H2,10,14). The Morgan fingerprint density at radius 3 is 2.75 bits per heavy atom. The van der Waals surface area contributed by atoms with Crippen molar-refractivity contribution in [2.45, 2.75) is 13.3 Å². The molecular weight excluding hydrogens is 230 g/mol. The number of carbonyl (C=O) groups excluding carboxylic acids is 2. The zero-order valence-electron chi connectivity index (χ0n) is 9.07. The maximum absolute atomic E-state index is 11.3. The van der Waals surface area contributed by atoms with Gasteiger partial charge in [-0.3, -0.25) is 9.59 Å². The van der Waals surface area contributed by atoms with Crippen molar-refractivity contribution in [3.63, 3.8) is 0 Å². The summed E-state index contributed by atoms with van der Waals surface area (Å²) in [5, 5.41) is 3.37. The first-order valence-electron chi connectivity index (χ1n) is 4.71. The summed E-state index contributed by atoms with van der Waals surface area (Å²) in [4.78, 5) is 22.5. The number of nitrogens with zero attached hydrogens (tertiary/aromatic N) is 1. The van der Waals surface area contributed by atoms with Crippen LogP contribution >= 0.6 is 11.5 Å². The maximum atomic E-state index is 11.3. The van der Waals surface area contributed by atoms with Crippen molar-refractivity contribution in [1.82, 2.24) is 4.37 Å². The van der Waals surface area contributed by atoms with Crippen LogP contribution in [0.4, 0.5) is 5.00 Å². The van der Waals surface area contributed by atoms with E-state index in [2.05, 4.69) is 9.69 Å². The highest BCUT2D eigenvalue weighted by atomic mass is 32.1. The monoisotopic (exact) mass is 243 g/mol. The van der Waals surface area contributed by atoms with Crippen molar-refractivity contribution in [3.05, 3.63) is 11.3 Å². The zero-order chi connectivity index (χ0) is 12.1. The predicted octanol–water partition coefficient (Wildman–Crippen LogP) is 0.389. The van der Waals surface area contributed by atoms with Gasteiger partial charge in [0.15, 0.2) is 0 Å². The summed E-state index contributed by atoms with van der Waals surface area (Å²) >= 11 is 1.09. The molecule has 0 fully saturated rings. The molecule has 0 radical (unpaired) electrons. The molecule has 0 aliphatic carbocycles. The Morgan fingerprint density at radius 2 is 2.25 bits per heavy atom. The molecule has 1 heterocycles. The lowest BCUT2D eigenvalue weighted by atomic mass is 10.2. The van der Waals surface area contributed by atoms with E-state index >= 15 is 0 Å². The minimum absolute atomic E-state index is 0.0374. The van der Waals surface area contributed by atoms with Crippen molar-refractivity contribution >= 4 is 28.4 Å². The van der Waals surface area contributed by atoms with Gasteiger partial charge in [-0.15, -0.1) is 0 Å². The van der Waals surface area contributed by atoms with E-state index in [4.69, 9.17) is 10.5 Å². The van der Waals surface area contributed by atoms with Gasteiger partial charge >= 0.3 is 5.97 Å². The van der Waals surface area contributed by atoms with Gasteiger partial charge in [0.1, 0.15) is 5.00 Å². The number of primary amides is 1. The minimum atomic E-state index is -0.600. The summed E-state index contributed by atoms with van der Waals surface area (Å²) in [7, 11) is 1.66. The van der Waals surface area contributed by atoms with Gasteiger partial charge in [0.05, 0.1) is 24.3 Å². The molecular formula is C9H13N3O3S. The van der Waals surface area contributed by atoms with Crippen molar-refractivity contribution in [3.8, 4) is 0 Å². The van der Waals surface area contributed by atoms with E-state index in [-0.39, 0.29) is 12.0 Å². The van der Waals surface area contributed by atoms with Gasteiger partial charge in [0.2, 0.25) is 0 Å². The number of amides is 1. The van der Waals surface area contributed by atoms with Gasteiger partial charge in [-0.25, -0.2) is 0 Å². The number of carbonyl (C=O) groups is 2. The summed E-state index contributed by atoms with van der Waals surface area (Å²) in [6, 6.07) is 0. The van der Waals surface area contributed by atoms with E-state index in [1.807, 2.05) is 0 Å². The third-order valence-electron chi connectivity index (χ3n) is 1.85. The normalized spacial score (nSPS) is 9.88. The average Bonchev–Trinajstić information content (AvgIpc) is 2.61. The fraction of sp³-hybridized carbons (Fsp3) is 0.444. The van der Waals surface area contributed by atoms with E-state index in [1.165, 1.54) is 0 Å². The first-order valence-corrected chi connectivity index (χ1v) is 5.49. The molecule has 16 heavy (non-hydrogen) atoms. The van der Waals surface area contributed by atoms with E-state index < -0.39 is 11.9 Å². The highest BCUT2D eigenvalue weighted by Crippen LogP contribution is 2.24. The van der Waals surface area contributed by atoms with E-state index in [0.717, 1.165) is 11.5 Å². The number of hydrogen-bond donors (Lipinski definition) is 2. The molecule has 1 aromatic heterocycles. The number of ether oxygens (including phenoxy) is 1. The summed E-state index contributed by atoms with van der Waals surface area (Å²) < 4.78 is 8.78. The molecule has 0 saturated carbocycles. The number of aromatic nitrogens is 1. The number of anilines is 1. The van der Waals surface area contributed by atoms with Crippen LogP contribution in [0.15, 0.2) is 0 Å². The molecule has 0 unspecified atom stereocenters. The lowest BCUT2D eigenvalue weighted by Gasteiger charge is -2.02. The Morgan fingerprint density at radius 1 is 1.56 bits per heavy atom. The third kappa shape index (κ3) is 2.69. The zero-order valence-corrected chi connectivity index (χ0v) is 9.89. The van der Waals surface area contributed by atoms with Crippen LogP contribution in [0.2, 0.25) is 0 Å². The van der Waals surface area contributed by atoms with Gasteiger partial charge in [0.25, 0.3) is 5.91 Å². The van der Waals surface area contributed by atoms with Gasteiger partial charge in [-0.1, -0.05) is 0 Å². The number of rotatable bonds is 5. The average molecular weight is 243 g/mol. The molecule has 1 aromatic rings. The largest absolute Gasteiger partial charge is 0.466 e. The second-order valence-corrected chi connectivity index (χ2v) is 3.70. The summed E-state index contributed by atoms with van der Waals surface area (Å²) in [6.45, 7) is 2.01. The van der Waals surface area contributed by atoms with Crippen LogP contribution < -0.4 is 11.1 Å². The Kier molecular flexibility index (Phi) is 4.24. The number of hydrogen-bond acceptors (Lipinski definition) is 6. The topological polar surface area (TPSA) is 94.3 Å². The van der Waals surface area contributed by atoms with Gasteiger partial charge in [0, 0.05) is 7.05 Å². The molecule has 1 amide bonds. The fourth-order valence-electron chi connectivity index (χ4n) is 1.22. The molecule has 1 rings (SSSR count). The summed E-state index contributed by atoms with van der Waals surface area (Å²) in [6.07, 6.45) is -0.0374. The van der Waals surface area contributed by atoms with Crippen LogP contribution in [0.1, 0.15) is 23.0 Å². The summed E-state index contributed by atoms with van der Waals surface area (Å²) in [5.41, 5.74) is 5.85. The van der Waals surface area contributed by atoms with Crippen molar-refractivity contribution in [2.24, 2.45) is 5.73 Å². The Labute approximate surface area is 96.9 Å². The van der Waals surface area contributed by atoms with Crippen LogP contribution in [-0.2, 0) is 16.0 Å². The molecule has 0 aliphatic rings. The van der Waals surface area contributed by atoms with Crippen LogP contribution in [0.25, 0.3) is 0 Å². The van der Waals surface area contributed by atoms with Gasteiger partial charge in [-0.05, 0) is 18.5 Å². The summed E-state index contributed by atoms with van der Waals surface area (Å²) in [5.74, 6) is -1.02. The number of nitrogens with two attached hydrogens (primary N) is 1. The van der Waals surface area contributed by atoms with Gasteiger partial charge in [-0.2, -0.15) is 4.37 Å². The molecule has 7 heteroatoms. The molecule has 0 saturated heterocycles. The molecule has 0 bridgehead atoms. The highest BCUT2D eigenvalue weighted by molar-refractivity contribution is 7.10. The molecule has 0 aliphatic heterocycles. The minimum Gasteiger partial charge on any atom is -0.466 e. The first kappa shape index (κ1) is 12.4. The number of nitrogens with one attached hydrogen (secondary N) is 1.